The Hall–Kier alpha value is -3.26. The first-order chi connectivity index (χ1) is 16.4. The second kappa shape index (κ2) is 12.8. The van der Waals surface area contributed by atoms with Gasteiger partial charge in [0.05, 0.1) is 24.3 Å². The summed E-state index contributed by atoms with van der Waals surface area (Å²) in [5.41, 5.74) is 2.13. The van der Waals surface area contributed by atoms with Crippen molar-refractivity contribution in [1.82, 2.24) is 10.2 Å². The molecule has 2 aromatic rings. The van der Waals surface area contributed by atoms with Crippen molar-refractivity contribution >= 4 is 40.8 Å². The van der Waals surface area contributed by atoms with Crippen LogP contribution in [0, 0.1) is 5.92 Å². The number of ether oxygens (including phenoxy) is 1. The third-order valence-electron chi connectivity index (χ3n) is 5.78. The summed E-state index contributed by atoms with van der Waals surface area (Å²) in [5, 5.41) is 5.59. The van der Waals surface area contributed by atoms with Gasteiger partial charge in [-0.1, -0.05) is 49.4 Å². The van der Waals surface area contributed by atoms with Gasteiger partial charge in [0.25, 0.3) is 5.91 Å². The van der Waals surface area contributed by atoms with Crippen molar-refractivity contribution in [3.05, 3.63) is 65.7 Å². The third-order valence-corrected chi connectivity index (χ3v) is 5.99. The molecule has 34 heavy (non-hydrogen) atoms. The van der Waals surface area contributed by atoms with E-state index < -0.39 is 11.9 Å². The molecule has 7 nitrogen and oxygen atoms in total. The maximum atomic E-state index is 13.0. The Labute approximate surface area is 205 Å². The SMILES string of the molecule is CC1CCN(C(=O)c2ccccc2NC(=S)NC(=O)CCC(=O)OCCc2ccccc2)CC1. The van der Waals surface area contributed by atoms with E-state index in [1.807, 2.05) is 35.2 Å². The molecule has 1 aliphatic heterocycles. The van der Waals surface area contributed by atoms with Crippen molar-refractivity contribution in [2.45, 2.75) is 39.0 Å². The van der Waals surface area contributed by atoms with Gasteiger partial charge in [0.1, 0.15) is 0 Å². The van der Waals surface area contributed by atoms with Crippen LogP contribution < -0.4 is 10.6 Å². The number of thiocarbonyl (C=S) groups is 1. The fourth-order valence-corrected chi connectivity index (χ4v) is 3.94. The molecular weight excluding hydrogens is 450 g/mol. The van der Waals surface area contributed by atoms with Crippen LogP contribution in [0.2, 0.25) is 0 Å². The Morgan fingerprint density at radius 3 is 2.41 bits per heavy atom. The van der Waals surface area contributed by atoms with Crippen LogP contribution in [-0.2, 0) is 20.7 Å². The van der Waals surface area contributed by atoms with E-state index in [2.05, 4.69) is 17.6 Å². The van der Waals surface area contributed by atoms with Gasteiger partial charge >= 0.3 is 5.97 Å². The fraction of sp³-hybridized carbons (Fsp3) is 0.385. The summed E-state index contributed by atoms with van der Waals surface area (Å²) in [6, 6.07) is 16.8. The number of para-hydroxylation sites is 1. The van der Waals surface area contributed by atoms with E-state index in [1.54, 1.807) is 24.3 Å². The Morgan fingerprint density at radius 2 is 1.68 bits per heavy atom. The number of amides is 2. The number of rotatable bonds is 8. The first-order valence-corrected chi connectivity index (χ1v) is 12.0. The summed E-state index contributed by atoms with van der Waals surface area (Å²) in [6.45, 7) is 3.93. The molecule has 2 aromatic carbocycles. The Kier molecular flexibility index (Phi) is 9.58. The van der Waals surface area contributed by atoms with Crippen LogP contribution >= 0.6 is 12.2 Å². The predicted octanol–water partition coefficient (Wildman–Crippen LogP) is 3.94. The molecule has 2 amide bonds. The molecule has 0 aliphatic carbocycles. The molecule has 0 saturated carbocycles. The number of carbonyl (C=O) groups excluding carboxylic acids is 3. The predicted molar refractivity (Wildman–Crippen MR) is 135 cm³/mol. The molecule has 0 atom stereocenters. The molecule has 0 spiro atoms. The van der Waals surface area contributed by atoms with Crippen LogP contribution in [0.1, 0.15) is 48.5 Å². The smallest absolute Gasteiger partial charge is 0.306 e. The quantitative estimate of drug-likeness (QED) is 0.439. The van der Waals surface area contributed by atoms with Crippen LogP contribution in [0.5, 0.6) is 0 Å². The van der Waals surface area contributed by atoms with E-state index in [1.165, 1.54) is 0 Å². The van der Waals surface area contributed by atoms with Gasteiger partial charge in [-0.25, -0.2) is 0 Å². The van der Waals surface area contributed by atoms with Gasteiger partial charge in [0.2, 0.25) is 5.91 Å². The Bertz CT molecular complexity index is 1000. The summed E-state index contributed by atoms with van der Waals surface area (Å²) in [5.74, 6) is -0.258. The molecule has 1 heterocycles. The Balaban J connectivity index is 1.42. The van der Waals surface area contributed by atoms with E-state index in [4.69, 9.17) is 17.0 Å². The highest BCUT2D eigenvalue weighted by molar-refractivity contribution is 7.80. The number of hydrogen-bond acceptors (Lipinski definition) is 5. The third kappa shape index (κ3) is 7.95. The lowest BCUT2D eigenvalue weighted by molar-refractivity contribution is -0.144. The van der Waals surface area contributed by atoms with Gasteiger partial charge in [-0.2, -0.15) is 0 Å². The highest BCUT2D eigenvalue weighted by Crippen LogP contribution is 2.22. The van der Waals surface area contributed by atoms with Gasteiger partial charge in [-0.15, -0.1) is 0 Å². The number of hydrogen-bond donors (Lipinski definition) is 2. The van der Waals surface area contributed by atoms with Crippen molar-refractivity contribution in [1.29, 1.82) is 0 Å². The number of likely N-dealkylation sites (tertiary alicyclic amines) is 1. The number of anilines is 1. The topological polar surface area (TPSA) is 87.7 Å². The van der Waals surface area contributed by atoms with Crippen LogP contribution in [0.25, 0.3) is 0 Å². The van der Waals surface area contributed by atoms with E-state index in [0.29, 0.717) is 23.6 Å². The number of carbonyl (C=O) groups is 3. The molecular formula is C26H31N3O4S. The van der Waals surface area contributed by atoms with Gasteiger partial charge in [-0.05, 0) is 48.7 Å². The average molecular weight is 482 g/mol. The van der Waals surface area contributed by atoms with Gasteiger partial charge in [-0.3, -0.25) is 14.4 Å². The highest BCUT2D eigenvalue weighted by atomic mass is 32.1. The lowest BCUT2D eigenvalue weighted by Gasteiger charge is -2.30. The van der Waals surface area contributed by atoms with E-state index >= 15 is 0 Å². The number of nitrogens with zero attached hydrogens (tertiary/aromatic N) is 1. The van der Waals surface area contributed by atoms with Crippen LogP contribution in [0.15, 0.2) is 54.6 Å². The maximum Gasteiger partial charge on any atom is 0.306 e. The molecule has 0 unspecified atom stereocenters. The molecule has 2 N–H and O–H groups in total. The maximum absolute atomic E-state index is 13.0. The summed E-state index contributed by atoms with van der Waals surface area (Å²) < 4.78 is 5.19. The van der Waals surface area contributed by atoms with Gasteiger partial charge < -0.3 is 20.3 Å². The summed E-state index contributed by atoms with van der Waals surface area (Å²) in [4.78, 5) is 39.0. The monoisotopic (exact) mass is 481 g/mol. The van der Waals surface area contributed by atoms with Crippen molar-refractivity contribution in [3.8, 4) is 0 Å². The van der Waals surface area contributed by atoms with Crippen molar-refractivity contribution in [2.24, 2.45) is 5.92 Å². The van der Waals surface area contributed by atoms with E-state index in [0.717, 1.165) is 31.5 Å². The molecule has 1 aliphatic rings. The molecule has 8 heteroatoms. The Morgan fingerprint density at radius 1 is 1.00 bits per heavy atom. The minimum atomic E-state index is -0.434. The first-order valence-electron chi connectivity index (χ1n) is 11.6. The van der Waals surface area contributed by atoms with Gasteiger partial charge in [0.15, 0.2) is 5.11 Å². The number of esters is 1. The number of piperidine rings is 1. The fourth-order valence-electron chi connectivity index (χ4n) is 3.72. The van der Waals surface area contributed by atoms with Crippen molar-refractivity contribution in [2.75, 3.05) is 25.0 Å². The first kappa shape index (κ1) is 25.4. The van der Waals surface area contributed by atoms with E-state index in [9.17, 15) is 14.4 Å². The zero-order valence-corrected chi connectivity index (χ0v) is 20.2. The number of nitrogens with one attached hydrogen (secondary N) is 2. The molecule has 0 bridgehead atoms. The summed E-state index contributed by atoms with van der Waals surface area (Å²) in [6.07, 6.45) is 2.53. The van der Waals surface area contributed by atoms with Crippen LogP contribution in [0.4, 0.5) is 5.69 Å². The van der Waals surface area contributed by atoms with Crippen molar-refractivity contribution < 1.29 is 19.1 Å². The highest BCUT2D eigenvalue weighted by Gasteiger charge is 2.23. The minimum absolute atomic E-state index is 0.0360. The largest absolute Gasteiger partial charge is 0.465 e. The molecule has 0 aromatic heterocycles. The number of benzene rings is 2. The van der Waals surface area contributed by atoms with Crippen molar-refractivity contribution in [3.63, 3.8) is 0 Å². The van der Waals surface area contributed by atoms with Crippen LogP contribution in [0.3, 0.4) is 0 Å². The molecule has 1 fully saturated rings. The zero-order chi connectivity index (χ0) is 24.3. The summed E-state index contributed by atoms with van der Waals surface area (Å²) >= 11 is 5.25. The zero-order valence-electron chi connectivity index (χ0n) is 19.4. The molecule has 180 valence electrons. The molecule has 3 rings (SSSR count). The second-order valence-corrected chi connectivity index (χ2v) is 8.89. The molecule has 0 radical (unpaired) electrons. The minimum Gasteiger partial charge on any atom is -0.465 e. The standard InChI is InChI=1S/C26H31N3O4S/c1-19-13-16-29(17-14-19)25(32)21-9-5-6-10-22(21)27-26(34)28-23(30)11-12-24(31)33-18-15-20-7-3-2-4-8-20/h2-10,19H,11-18H2,1H3,(H2,27,28,30,34). The summed E-state index contributed by atoms with van der Waals surface area (Å²) in [7, 11) is 0. The van der Waals surface area contributed by atoms with Gasteiger partial charge in [0, 0.05) is 25.9 Å². The lowest BCUT2D eigenvalue weighted by atomic mass is 9.98. The normalized spacial score (nSPS) is 13.7. The average Bonchev–Trinajstić information content (AvgIpc) is 2.84. The second-order valence-electron chi connectivity index (χ2n) is 8.48. The van der Waals surface area contributed by atoms with Crippen LogP contribution in [-0.4, -0.2) is 47.5 Å². The van der Waals surface area contributed by atoms with E-state index in [-0.39, 0.29) is 30.5 Å². The lowest BCUT2D eigenvalue weighted by Crippen LogP contribution is -2.39. The molecule has 1 saturated heterocycles.